The average Bonchev–Trinajstić information content (AvgIpc) is 2.47. The summed E-state index contributed by atoms with van der Waals surface area (Å²) >= 11 is 3.45. The Bertz CT molecular complexity index is 644. The summed E-state index contributed by atoms with van der Waals surface area (Å²) in [7, 11) is 0. The minimum Gasteiger partial charge on any atom is -0.462 e. The molecule has 2 aromatic rings. The molecule has 0 unspecified atom stereocenters. The Kier molecular flexibility index (Phi) is 5.44. The Hall–Kier alpha value is -1.75. The van der Waals surface area contributed by atoms with E-state index in [2.05, 4.69) is 25.9 Å². The lowest BCUT2D eigenvalue weighted by Crippen LogP contribution is -2.12. The van der Waals surface area contributed by atoms with Gasteiger partial charge in [-0.05, 0) is 31.0 Å². The van der Waals surface area contributed by atoms with Crippen molar-refractivity contribution >= 4 is 21.9 Å². The van der Waals surface area contributed by atoms with Gasteiger partial charge in [0.2, 0.25) is 0 Å². The fraction of sp³-hybridized carbons (Fsp3) is 0.312. The highest BCUT2D eigenvalue weighted by Gasteiger charge is 2.14. The molecule has 0 saturated carbocycles. The second-order valence-corrected chi connectivity index (χ2v) is 5.44. The molecule has 0 N–H and O–H groups in total. The van der Waals surface area contributed by atoms with Crippen LogP contribution in [0, 0.1) is 0 Å². The van der Waals surface area contributed by atoms with Crippen LogP contribution in [0.2, 0.25) is 0 Å². The van der Waals surface area contributed by atoms with E-state index in [-0.39, 0.29) is 5.97 Å². The largest absolute Gasteiger partial charge is 0.462 e. The predicted octanol–water partition coefficient (Wildman–Crippen LogP) is 3.57. The van der Waals surface area contributed by atoms with Crippen molar-refractivity contribution in [3.63, 3.8) is 0 Å². The molecule has 1 aromatic heterocycles. The second-order valence-electron chi connectivity index (χ2n) is 4.53. The lowest BCUT2D eigenvalue weighted by Gasteiger charge is -2.08. The third-order valence-corrected chi connectivity index (χ3v) is 3.49. The van der Waals surface area contributed by atoms with E-state index in [1.165, 1.54) is 0 Å². The number of esters is 1. The first-order valence-electron chi connectivity index (χ1n) is 6.90. The van der Waals surface area contributed by atoms with Gasteiger partial charge in [-0.3, -0.25) is 0 Å². The maximum atomic E-state index is 11.8. The zero-order chi connectivity index (χ0) is 15.2. The van der Waals surface area contributed by atoms with Crippen molar-refractivity contribution in [1.29, 1.82) is 0 Å². The lowest BCUT2D eigenvalue weighted by atomic mass is 10.1. The highest BCUT2D eigenvalue weighted by atomic mass is 79.9. The molecule has 0 aliphatic carbocycles. The van der Waals surface area contributed by atoms with E-state index in [0.29, 0.717) is 30.8 Å². The minimum absolute atomic E-state index is 0.349. The highest BCUT2D eigenvalue weighted by Crippen LogP contribution is 2.15. The molecule has 110 valence electrons. The topological polar surface area (TPSA) is 52.1 Å². The first kappa shape index (κ1) is 15.6. The summed E-state index contributed by atoms with van der Waals surface area (Å²) in [5.41, 5.74) is 2.31. The van der Waals surface area contributed by atoms with E-state index >= 15 is 0 Å². The van der Waals surface area contributed by atoms with Gasteiger partial charge < -0.3 is 4.74 Å². The zero-order valence-electron chi connectivity index (χ0n) is 12.1. The molecule has 0 fully saturated rings. The lowest BCUT2D eigenvalue weighted by molar-refractivity contribution is 0.0524. The number of halogens is 1. The van der Waals surface area contributed by atoms with E-state index in [1.54, 1.807) is 13.1 Å². The van der Waals surface area contributed by atoms with Crippen LogP contribution in [0.25, 0.3) is 0 Å². The molecule has 5 heteroatoms. The molecular weight excluding hydrogens is 332 g/mol. The maximum absolute atomic E-state index is 11.8. The van der Waals surface area contributed by atoms with Crippen LogP contribution < -0.4 is 0 Å². The molecule has 1 heterocycles. The number of nitrogens with zero attached hydrogens (tertiary/aromatic N) is 2. The Morgan fingerprint density at radius 2 is 2.14 bits per heavy atom. The van der Waals surface area contributed by atoms with Crippen molar-refractivity contribution in [3.05, 3.63) is 57.6 Å². The number of aromatic nitrogens is 2. The first-order chi connectivity index (χ1) is 10.1. The molecule has 2 rings (SSSR count). The van der Waals surface area contributed by atoms with Gasteiger partial charge >= 0.3 is 5.97 Å². The van der Waals surface area contributed by atoms with Crippen molar-refractivity contribution in [3.8, 4) is 0 Å². The molecule has 21 heavy (non-hydrogen) atoms. The summed E-state index contributed by atoms with van der Waals surface area (Å²) in [6.07, 6.45) is 2.87. The molecule has 0 aliphatic rings. The van der Waals surface area contributed by atoms with Crippen LogP contribution in [0.1, 0.15) is 41.3 Å². The summed E-state index contributed by atoms with van der Waals surface area (Å²) in [5.74, 6) is 0.348. The van der Waals surface area contributed by atoms with Crippen molar-refractivity contribution < 1.29 is 9.53 Å². The second kappa shape index (κ2) is 7.31. The summed E-state index contributed by atoms with van der Waals surface area (Å²) in [6.45, 7) is 4.10. The third kappa shape index (κ3) is 4.11. The fourth-order valence-electron chi connectivity index (χ4n) is 2.02. The van der Waals surface area contributed by atoms with Crippen molar-refractivity contribution in [2.75, 3.05) is 6.61 Å². The number of hydrogen-bond acceptors (Lipinski definition) is 4. The normalized spacial score (nSPS) is 10.4. The summed E-state index contributed by atoms with van der Waals surface area (Å²) < 4.78 is 6.05. The number of hydrogen-bond donors (Lipinski definition) is 0. The number of carbonyl (C=O) groups excluding carboxylic acids is 1. The van der Waals surface area contributed by atoms with Gasteiger partial charge in [0.15, 0.2) is 0 Å². The van der Waals surface area contributed by atoms with Crippen LogP contribution in [0.4, 0.5) is 0 Å². The Morgan fingerprint density at radius 3 is 2.81 bits per heavy atom. The van der Waals surface area contributed by atoms with Crippen LogP contribution >= 0.6 is 15.9 Å². The van der Waals surface area contributed by atoms with Gasteiger partial charge in [-0.15, -0.1) is 0 Å². The molecule has 0 atom stereocenters. The van der Waals surface area contributed by atoms with Crippen LogP contribution in [0.3, 0.4) is 0 Å². The van der Waals surface area contributed by atoms with Crippen molar-refractivity contribution in [1.82, 2.24) is 9.97 Å². The average molecular weight is 349 g/mol. The van der Waals surface area contributed by atoms with E-state index < -0.39 is 0 Å². The van der Waals surface area contributed by atoms with Gasteiger partial charge in [0.05, 0.1) is 17.9 Å². The number of aryl methyl sites for hydroxylation is 1. The van der Waals surface area contributed by atoms with Gasteiger partial charge in [-0.2, -0.15) is 0 Å². The van der Waals surface area contributed by atoms with E-state index in [1.807, 2.05) is 31.2 Å². The minimum atomic E-state index is -0.358. The molecule has 0 saturated heterocycles. The molecular formula is C16H17BrN2O2. The van der Waals surface area contributed by atoms with Gasteiger partial charge in [-0.25, -0.2) is 14.8 Å². The van der Waals surface area contributed by atoms with E-state index in [4.69, 9.17) is 4.74 Å². The summed E-state index contributed by atoms with van der Waals surface area (Å²) in [6, 6.07) is 8.02. The highest BCUT2D eigenvalue weighted by molar-refractivity contribution is 9.10. The standard InChI is InChI=1S/C16H17BrN2O2/c1-3-14-13(16(20)21-4-2)10-18-15(19-14)9-11-6-5-7-12(17)8-11/h5-8,10H,3-4,9H2,1-2H3. The van der Waals surface area contributed by atoms with Gasteiger partial charge in [0, 0.05) is 17.1 Å². The molecule has 0 spiro atoms. The van der Waals surface area contributed by atoms with Crippen LogP contribution in [-0.4, -0.2) is 22.5 Å². The SMILES string of the molecule is CCOC(=O)c1cnc(Cc2cccc(Br)c2)nc1CC. The van der Waals surface area contributed by atoms with E-state index in [9.17, 15) is 4.79 Å². The fourth-order valence-corrected chi connectivity index (χ4v) is 2.47. The monoisotopic (exact) mass is 348 g/mol. The van der Waals surface area contributed by atoms with Crippen LogP contribution in [0.15, 0.2) is 34.9 Å². The molecule has 0 bridgehead atoms. The maximum Gasteiger partial charge on any atom is 0.341 e. The van der Waals surface area contributed by atoms with Gasteiger partial charge in [0.25, 0.3) is 0 Å². The number of rotatable bonds is 5. The Balaban J connectivity index is 2.24. The summed E-state index contributed by atoms with van der Waals surface area (Å²) in [5, 5.41) is 0. The number of ether oxygens (including phenoxy) is 1. The Labute approximate surface area is 132 Å². The predicted molar refractivity (Wildman–Crippen MR) is 84.3 cm³/mol. The molecule has 0 radical (unpaired) electrons. The van der Waals surface area contributed by atoms with E-state index in [0.717, 1.165) is 15.7 Å². The molecule has 1 aromatic carbocycles. The zero-order valence-corrected chi connectivity index (χ0v) is 13.7. The van der Waals surface area contributed by atoms with Crippen molar-refractivity contribution in [2.45, 2.75) is 26.7 Å². The number of carbonyl (C=O) groups is 1. The molecule has 0 aliphatic heterocycles. The van der Waals surface area contributed by atoms with Crippen molar-refractivity contribution in [2.24, 2.45) is 0 Å². The van der Waals surface area contributed by atoms with Gasteiger partial charge in [-0.1, -0.05) is 35.0 Å². The first-order valence-corrected chi connectivity index (χ1v) is 7.69. The summed E-state index contributed by atoms with van der Waals surface area (Å²) in [4.78, 5) is 20.6. The van der Waals surface area contributed by atoms with Crippen LogP contribution in [-0.2, 0) is 17.6 Å². The van der Waals surface area contributed by atoms with Crippen LogP contribution in [0.5, 0.6) is 0 Å². The smallest absolute Gasteiger partial charge is 0.341 e. The third-order valence-electron chi connectivity index (χ3n) is 3.00. The Morgan fingerprint density at radius 1 is 1.33 bits per heavy atom. The quantitative estimate of drug-likeness (QED) is 0.775. The molecule has 4 nitrogen and oxygen atoms in total. The number of benzene rings is 1. The van der Waals surface area contributed by atoms with Gasteiger partial charge in [0.1, 0.15) is 5.82 Å². The molecule has 0 amide bonds.